The molecule has 0 saturated heterocycles. The molecule has 0 amide bonds. The Morgan fingerprint density at radius 2 is 1.93 bits per heavy atom. The molecule has 8 nitrogen and oxygen atoms in total. The number of nitro groups is 1. The van der Waals surface area contributed by atoms with E-state index < -0.39 is 22.5 Å². The van der Waals surface area contributed by atoms with Gasteiger partial charge in [0.15, 0.2) is 0 Å². The highest BCUT2D eigenvalue weighted by Gasteiger charge is 2.19. The van der Waals surface area contributed by atoms with Crippen molar-refractivity contribution in [2.24, 2.45) is 0 Å². The van der Waals surface area contributed by atoms with Crippen LogP contribution in [0, 0.1) is 10.1 Å². The number of thiophene rings is 1. The van der Waals surface area contributed by atoms with Crippen LogP contribution in [0.15, 0.2) is 40.4 Å². The van der Waals surface area contributed by atoms with Crippen molar-refractivity contribution in [2.75, 3.05) is 7.11 Å². The zero-order valence-electron chi connectivity index (χ0n) is 13.9. The van der Waals surface area contributed by atoms with Crippen molar-refractivity contribution in [1.82, 2.24) is 4.98 Å². The molecular formula is C17H12N2O6S2. The second kappa shape index (κ2) is 8.06. The number of hydrogen-bond donors (Lipinski definition) is 0. The fourth-order valence-corrected chi connectivity index (χ4v) is 3.70. The van der Waals surface area contributed by atoms with E-state index >= 15 is 0 Å². The van der Waals surface area contributed by atoms with Crippen LogP contribution >= 0.6 is 22.7 Å². The van der Waals surface area contributed by atoms with Gasteiger partial charge in [-0.25, -0.2) is 14.6 Å². The Balaban J connectivity index is 1.75. The lowest BCUT2D eigenvalue weighted by Gasteiger charge is -2.05. The molecule has 10 heteroatoms. The maximum absolute atomic E-state index is 12.3. The Bertz CT molecular complexity index is 997. The third kappa shape index (κ3) is 4.36. The number of nitrogens with zero attached hydrogens (tertiary/aromatic N) is 2. The number of non-ortho nitro benzene ring substituents is 1. The predicted molar refractivity (Wildman–Crippen MR) is 99.0 cm³/mol. The predicted octanol–water partition coefficient (Wildman–Crippen LogP) is 3.92. The smallest absolute Gasteiger partial charge is 0.338 e. The number of thiazole rings is 1. The molecule has 3 aromatic rings. The van der Waals surface area contributed by atoms with Gasteiger partial charge in [0, 0.05) is 28.5 Å². The first-order valence-corrected chi connectivity index (χ1v) is 9.32. The summed E-state index contributed by atoms with van der Waals surface area (Å²) >= 11 is 2.98. The molecule has 0 aliphatic rings. The van der Waals surface area contributed by atoms with Gasteiger partial charge in [-0.15, -0.1) is 11.3 Å². The molecule has 27 heavy (non-hydrogen) atoms. The van der Waals surface area contributed by atoms with Crippen molar-refractivity contribution in [3.8, 4) is 10.6 Å². The second-order valence-electron chi connectivity index (χ2n) is 5.25. The first-order valence-electron chi connectivity index (χ1n) is 7.50. The number of esters is 2. The van der Waals surface area contributed by atoms with Crippen molar-refractivity contribution in [2.45, 2.75) is 6.61 Å². The molecule has 0 aliphatic heterocycles. The van der Waals surface area contributed by atoms with Gasteiger partial charge in [-0.05, 0) is 17.5 Å². The summed E-state index contributed by atoms with van der Waals surface area (Å²) < 4.78 is 9.73. The zero-order valence-corrected chi connectivity index (χ0v) is 15.5. The molecule has 0 saturated carbocycles. The Kier molecular flexibility index (Phi) is 5.57. The summed E-state index contributed by atoms with van der Waals surface area (Å²) in [7, 11) is 1.15. The lowest BCUT2D eigenvalue weighted by atomic mass is 10.1. The highest BCUT2D eigenvalue weighted by atomic mass is 32.1. The van der Waals surface area contributed by atoms with Gasteiger partial charge in [0.25, 0.3) is 5.69 Å². The Hall–Kier alpha value is -3.11. The number of nitro benzene ring substituents is 1. The number of benzene rings is 1. The molecule has 0 radical (unpaired) electrons. The van der Waals surface area contributed by atoms with Gasteiger partial charge < -0.3 is 9.47 Å². The van der Waals surface area contributed by atoms with Crippen molar-refractivity contribution in [3.05, 3.63) is 67.3 Å². The molecule has 0 bridgehead atoms. The fourth-order valence-electron chi connectivity index (χ4n) is 2.18. The first kappa shape index (κ1) is 18.7. The number of hydrogen-bond acceptors (Lipinski definition) is 9. The largest absolute Gasteiger partial charge is 0.465 e. The third-order valence-electron chi connectivity index (χ3n) is 3.46. The van der Waals surface area contributed by atoms with E-state index in [-0.39, 0.29) is 17.7 Å². The van der Waals surface area contributed by atoms with Crippen LogP contribution in [0.1, 0.15) is 26.4 Å². The van der Waals surface area contributed by atoms with Gasteiger partial charge in [-0.3, -0.25) is 10.1 Å². The summed E-state index contributed by atoms with van der Waals surface area (Å²) in [5.41, 5.74) is 0.931. The molecule has 2 heterocycles. The van der Waals surface area contributed by atoms with Crippen LogP contribution in [0.3, 0.4) is 0 Å². The normalized spacial score (nSPS) is 10.4. The van der Waals surface area contributed by atoms with Crippen LogP contribution in [0.4, 0.5) is 5.69 Å². The highest BCUT2D eigenvalue weighted by Crippen LogP contribution is 2.26. The molecule has 138 valence electrons. The Morgan fingerprint density at radius 3 is 2.56 bits per heavy atom. The van der Waals surface area contributed by atoms with Gasteiger partial charge in [0.05, 0.1) is 28.9 Å². The van der Waals surface area contributed by atoms with E-state index in [0.717, 1.165) is 29.8 Å². The maximum atomic E-state index is 12.3. The van der Waals surface area contributed by atoms with Crippen LogP contribution in [0.5, 0.6) is 0 Å². The molecule has 0 N–H and O–H groups in total. The van der Waals surface area contributed by atoms with Crippen molar-refractivity contribution >= 4 is 40.3 Å². The summed E-state index contributed by atoms with van der Waals surface area (Å²) in [4.78, 5) is 38.6. The number of methoxy groups -OCH3 is 1. The lowest BCUT2D eigenvalue weighted by molar-refractivity contribution is -0.384. The molecule has 1 aromatic carbocycles. The monoisotopic (exact) mass is 404 g/mol. The number of carbonyl (C=O) groups excluding carboxylic acids is 2. The quantitative estimate of drug-likeness (QED) is 0.348. The van der Waals surface area contributed by atoms with Crippen LogP contribution in [-0.4, -0.2) is 29.0 Å². The van der Waals surface area contributed by atoms with E-state index in [1.165, 1.54) is 17.4 Å². The van der Waals surface area contributed by atoms with Crippen molar-refractivity contribution < 1.29 is 24.0 Å². The van der Waals surface area contributed by atoms with Crippen molar-refractivity contribution in [1.29, 1.82) is 0 Å². The van der Waals surface area contributed by atoms with E-state index in [4.69, 9.17) is 4.74 Å². The summed E-state index contributed by atoms with van der Waals surface area (Å²) in [5, 5.41) is 17.5. The first-order chi connectivity index (χ1) is 13.0. The van der Waals surface area contributed by atoms with Gasteiger partial charge in [-0.2, -0.15) is 11.3 Å². The van der Waals surface area contributed by atoms with E-state index in [1.54, 1.807) is 16.7 Å². The molecular weight excluding hydrogens is 392 g/mol. The fraction of sp³-hybridized carbons (Fsp3) is 0.118. The molecule has 0 unspecified atom stereocenters. The highest BCUT2D eigenvalue weighted by molar-refractivity contribution is 7.14. The van der Waals surface area contributed by atoms with Gasteiger partial charge >= 0.3 is 11.9 Å². The third-order valence-corrected chi connectivity index (χ3v) is 5.08. The summed E-state index contributed by atoms with van der Waals surface area (Å²) in [6.07, 6.45) is 0. The van der Waals surface area contributed by atoms with Crippen molar-refractivity contribution in [3.63, 3.8) is 0 Å². The second-order valence-corrected chi connectivity index (χ2v) is 6.89. The summed E-state index contributed by atoms with van der Waals surface area (Å²) in [5.74, 6) is -1.58. The molecule has 0 fully saturated rings. The van der Waals surface area contributed by atoms with E-state index in [2.05, 4.69) is 9.72 Å². The minimum atomic E-state index is -0.797. The summed E-state index contributed by atoms with van der Waals surface area (Å²) in [6, 6.07) is 5.22. The standard InChI is InChI=1S/C17H12N2O6S2/c1-24-16(20)11-4-12(6-14(5-11)19(22)23)17(21)25-7-13-9-27-15(18-13)10-2-3-26-8-10/h2-6,8-9H,7H2,1H3. The van der Waals surface area contributed by atoms with Crippen LogP contribution in [0.25, 0.3) is 10.6 Å². The molecule has 0 spiro atoms. The zero-order chi connectivity index (χ0) is 19.4. The minimum absolute atomic E-state index is 0.0876. The molecule has 3 rings (SSSR count). The Morgan fingerprint density at radius 1 is 1.19 bits per heavy atom. The van der Waals surface area contributed by atoms with Gasteiger partial charge in [-0.1, -0.05) is 0 Å². The van der Waals surface area contributed by atoms with Crippen LogP contribution < -0.4 is 0 Å². The number of ether oxygens (including phenoxy) is 2. The van der Waals surface area contributed by atoms with E-state index in [1.807, 2.05) is 16.8 Å². The maximum Gasteiger partial charge on any atom is 0.338 e. The number of aromatic nitrogens is 1. The lowest BCUT2D eigenvalue weighted by Crippen LogP contribution is -2.09. The molecule has 2 aromatic heterocycles. The van der Waals surface area contributed by atoms with Crippen LogP contribution in [0.2, 0.25) is 0 Å². The SMILES string of the molecule is COC(=O)c1cc(C(=O)OCc2csc(-c3ccsc3)n2)cc([N+](=O)[O-])c1. The van der Waals surface area contributed by atoms with Gasteiger partial charge in [0.1, 0.15) is 11.6 Å². The average Bonchev–Trinajstić information content (AvgIpc) is 3.36. The Labute approximate surface area is 161 Å². The van der Waals surface area contributed by atoms with E-state index in [9.17, 15) is 19.7 Å². The minimum Gasteiger partial charge on any atom is -0.465 e. The van der Waals surface area contributed by atoms with E-state index in [0.29, 0.717) is 5.69 Å². The topological polar surface area (TPSA) is 109 Å². The van der Waals surface area contributed by atoms with Gasteiger partial charge in [0.2, 0.25) is 0 Å². The van der Waals surface area contributed by atoms with Crippen LogP contribution in [-0.2, 0) is 16.1 Å². The number of carbonyl (C=O) groups is 2. The summed E-state index contributed by atoms with van der Waals surface area (Å²) in [6.45, 7) is -0.0876. The molecule has 0 atom stereocenters. The molecule has 0 aliphatic carbocycles. The number of rotatable bonds is 6. The average molecular weight is 404 g/mol.